The molecule has 0 heterocycles. The standard InChI is InChI=1S/C17H15NO4/c1-22-13-8-6-12(7-9-13)16(19)10-11-18-15-5-3-2-4-14(15)17(20)21/h2-11,18H,1H3,(H,20,21)/b11-10+. The molecule has 2 aromatic carbocycles. The molecule has 22 heavy (non-hydrogen) atoms. The lowest BCUT2D eigenvalue weighted by molar-refractivity contribution is 0.0698. The van der Waals surface area contributed by atoms with Crippen LogP contribution >= 0.6 is 0 Å². The Morgan fingerprint density at radius 2 is 1.77 bits per heavy atom. The van der Waals surface area contributed by atoms with Crippen LogP contribution in [0.2, 0.25) is 0 Å². The molecule has 0 saturated carbocycles. The van der Waals surface area contributed by atoms with Crippen molar-refractivity contribution in [2.75, 3.05) is 12.4 Å². The number of anilines is 1. The second-order valence-electron chi connectivity index (χ2n) is 4.42. The summed E-state index contributed by atoms with van der Waals surface area (Å²) in [5.41, 5.74) is 1.09. The number of rotatable bonds is 6. The van der Waals surface area contributed by atoms with Gasteiger partial charge in [0.1, 0.15) is 5.75 Å². The van der Waals surface area contributed by atoms with Crippen LogP contribution in [0.25, 0.3) is 0 Å². The van der Waals surface area contributed by atoms with Crippen molar-refractivity contribution in [3.05, 3.63) is 71.9 Å². The maximum atomic E-state index is 12.0. The Labute approximate surface area is 127 Å². The van der Waals surface area contributed by atoms with Crippen molar-refractivity contribution in [3.63, 3.8) is 0 Å². The van der Waals surface area contributed by atoms with Crippen LogP contribution < -0.4 is 10.1 Å². The molecular weight excluding hydrogens is 282 g/mol. The molecule has 0 aliphatic rings. The normalized spacial score (nSPS) is 10.4. The second kappa shape index (κ2) is 7.08. The number of methoxy groups -OCH3 is 1. The van der Waals surface area contributed by atoms with Gasteiger partial charge in [0.25, 0.3) is 0 Å². The molecule has 0 fully saturated rings. The summed E-state index contributed by atoms with van der Waals surface area (Å²) in [6.45, 7) is 0. The fraction of sp³-hybridized carbons (Fsp3) is 0.0588. The zero-order chi connectivity index (χ0) is 15.9. The van der Waals surface area contributed by atoms with Crippen molar-refractivity contribution in [1.82, 2.24) is 0 Å². The Morgan fingerprint density at radius 3 is 2.41 bits per heavy atom. The number of allylic oxidation sites excluding steroid dienone is 1. The summed E-state index contributed by atoms with van der Waals surface area (Å²) in [6.07, 6.45) is 2.77. The molecule has 5 nitrogen and oxygen atoms in total. The van der Waals surface area contributed by atoms with Gasteiger partial charge in [-0.05, 0) is 36.4 Å². The first kappa shape index (κ1) is 15.3. The highest BCUT2D eigenvalue weighted by Crippen LogP contribution is 2.15. The van der Waals surface area contributed by atoms with E-state index < -0.39 is 5.97 Å². The van der Waals surface area contributed by atoms with E-state index >= 15 is 0 Å². The fourth-order valence-electron chi connectivity index (χ4n) is 1.85. The van der Waals surface area contributed by atoms with E-state index in [9.17, 15) is 9.59 Å². The summed E-state index contributed by atoms with van der Waals surface area (Å²) in [7, 11) is 1.56. The maximum absolute atomic E-state index is 12.0. The minimum Gasteiger partial charge on any atom is -0.497 e. The lowest BCUT2D eigenvalue weighted by Gasteiger charge is -2.04. The fourth-order valence-corrected chi connectivity index (χ4v) is 1.85. The first-order valence-corrected chi connectivity index (χ1v) is 6.55. The number of nitrogens with one attached hydrogen (secondary N) is 1. The molecule has 0 atom stereocenters. The number of aromatic carboxylic acids is 1. The van der Waals surface area contributed by atoms with Crippen LogP contribution in [0.3, 0.4) is 0 Å². The van der Waals surface area contributed by atoms with Gasteiger partial charge in [0.15, 0.2) is 5.78 Å². The maximum Gasteiger partial charge on any atom is 0.337 e. The van der Waals surface area contributed by atoms with Crippen molar-refractivity contribution in [3.8, 4) is 5.75 Å². The van der Waals surface area contributed by atoms with Gasteiger partial charge in [-0.25, -0.2) is 4.79 Å². The highest BCUT2D eigenvalue weighted by molar-refractivity contribution is 6.04. The number of hydrogen-bond acceptors (Lipinski definition) is 4. The highest BCUT2D eigenvalue weighted by atomic mass is 16.5. The average molecular weight is 297 g/mol. The number of carboxylic acids is 1. The number of para-hydroxylation sites is 1. The van der Waals surface area contributed by atoms with Crippen molar-refractivity contribution in [1.29, 1.82) is 0 Å². The Hall–Kier alpha value is -3.08. The molecule has 5 heteroatoms. The second-order valence-corrected chi connectivity index (χ2v) is 4.42. The Balaban J connectivity index is 2.06. The largest absolute Gasteiger partial charge is 0.497 e. The number of benzene rings is 2. The van der Waals surface area contributed by atoms with Crippen molar-refractivity contribution >= 4 is 17.4 Å². The molecule has 2 N–H and O–H groups in total. The minimum atomic E-state index is -1.03. The molecule has 0 bridgehead atoms. The Bertz CT molecular complexity index is 705. The summed E-state index contributed by atoms with van der Waals surface area (Å²) >= 11 is 0. The lowest BCUT2D eigenvalue weighted by Crippen LogP contribution is -2.02. The van der Waals surface area contributed by atoms with Gasteiger partial charge in [-0.3, -0.25) is 4.79 Å². The van der Waals surface area contributed by atoms with E-state index in [4.69, 9.17) is 9.84 Å². The molecule has 0 radical (unpaired) electrons. The third kappa shape index (κ3) is 3.73. The molecule has 0 aromatic heterocycles. The van der Waals surface area contributed by atoms with Gasteiger partial charge in [-0.2, -0.15) is 0 Å². The lowest BCUT2D eigenvalue weighted by atomic mass is 10.1. The van der Waals surface area contributed by atoms with E-state index in [1.54, 1.807) is 49.6 Å². The van der Waals surface area contributed by atoms with Crippen LogP contribution in [0, 0.1) is 0 Å². The molecule has 0 aliphatic heterocycles. The van der Waals surface area contributed by atoms with Gasteiger partial charge in [0.05, 0.1) is 18.4 Å². The van der Waals surface area contributed by atoms with Gasteiger partial charge < -0.3 is 15.2 Å². The predicted molar refractivity (Wildman–Crippen MR) is 83.5 cm³/mol. The van der Waals surface area contributed by atoms with Gasteiger partial charge in [0.2, 0.25) is 0 Å². The monoisotopic (exact) mass is 297 g/mol. The smallest absolute Gasteiger partial charge is 0.337 e. The topological polar surface area (TPSA) is 75.6 Å². The number of carbonyl (C=O) groups is 2. The predicted octanol–water partition coefficient (Wildman–Crippen LogP) is 3.20. The van der Waals surface area contributed by atoms with Gasteiger partial charge >= 0.3 is 5.97 Å². The average Bonchev–Trinajstić information content (AvgIpc) is 2.55. The van der Waals surface area contributed by atoms with E-state index in [2.05, 4.69) is 5.32 Å². The molecular formula is C17H15NO4. The number of carboxylic acid groups (broad SMARTS) is 1. The van der Waals surface area contributed by atoms with Crippen molar-refractivity contribution in [2.45, 2.75) is 0 Å². The third-order valence-corrected chi connectivity index (χ3v) is 3.01. The summed E-state index contributed by atoms with van der Waals surface area (Å²) in [5.74, 6) is -0.546. The molecule has 0 amide bonds. The van der Waals surface area contributed by atoms with E-state index in [1.807, 2.05) is 0 Å². The Morgan fingerprint density at radius 1 is 1.09 bits per heavy atom. The first-order valence-electron chi connectivity index (χ1n) is 6.55. The molecule has 2 rings (SSSR count). The number of hydrogen-bond donors (Lipinski definition) is 2. The number of ether oxygens (including phenoxy) is 1. The van der Waals surface area contributed by atoms with Gasteiger partial charge in [0, 0.05) is 17.8 Å². The van der Waals surface area contributed by atoms with Crippen LogP contribution in [0.15, 0.2) is 60.8 Å². The van der Waals surface area contributed by atoms with E-state index in [0.717, 1.165) is 0 Å². The zero-order valence-electron chi connectivity index (χ0n) is 11.9. The van der Waals surface area contributed by atoms with Crippen LogP contribution in [-0.2, 0) is 0 Å². The van der Waals surface area contributed by atoms with Crippen LogP contribution in [0.4, 0.5) is 5.69 Å². The van der Waals surface area contributed by atoms with Crippen molar-refractivity contribution in [2.24, 2.45) is 0 Å². The van der Waals surface area contributed by atoms with Crippen LogP contribution in [0.5, 0.6) is 5.75 Å². The van der Waals surface area contributed by atoms with Crippen molar-refractivity contribution < 1.29 is 19.4 Å². The summed E-state index contributed by atoms with van der Waals surface area (Å²) in [4.78, 5) is 23.0. The van der Waals surface area contributed by atoms with Gasteiger partial charge in [-0.1, -0.05) is 12.1 Å². The van der Waals surface area contributed by atoms with Gasteiger partial charge in [-0.15, -0.1) is 0 Å². The van der Waals surface area contributed by atoms with Crippen LogP contribution in [-0.4, -0.2) is 24.0 Å². The van der Waals surface area contributed by atoms with E-state index in [0.29, 0.717) is 17.0 Å². The summed E-state index contributed by atoms with van der Waals surface area (Å²) in [6, 6.07) is 13.2. The first-order chi connectivity index (χ1) is 10.6. The molecule has 0 spiro atoms. The number of ketones is 1. The highest BCUT2D eigenvalue weighted by Gasteiger charge is 2.07. The summed E-state index contributed by atoms with van der Waals surface area (Å²) < 4.78 is 5.03. The van der Waals surface area contributed by atoms with E-state index in [-0.39, 0.29) is 11.3 Å². The summed E-state index contributed by atoms with van der Waals surface area (Å²) in [5, 5.41) is 11.9. The SMILES string of the molecule is COc1ccc(C(=O)/C=C/Nc2ccccc2C(=O)O)cc1. The molecule has 0 unspecified atom stereocenters. The molecule has 2 aromatic rings. The molecule has 112 valence electrons. The Kier molecular flexibility index (Phi) is 4.93. The molecule has 0 aliphatic carbocycles. The zero-order valence-corrected chi connectivity index (χ0v) is 11.9. The minimum absolute atomic E-state index is 0.143. The molecule has 0 saturated heterocycles. The van der Waals surface area contributed by atoms with E-state index in [1.165, 1.54) is 18.3 Å². The number of carbonyl (C=O) groups excluding carboxylic acids is 1. The quantitative estimate of drug-likeness (QED) is 0.632. The third-order valence-electron chi connectivity index (χ3n) is 3.01. The van der Waals surface area contributed by atoms with Crippen LogP contribution in [0.1, 0.15) is 20.7 Å².